The van der Waals surface area contributed by atoms with Crippen LogP contribution >= 0.6 is 0 Å². The van der Waals surface area contributed by atoms with Crippen LogP contribution in [-0.4, -0.2) is 38.8 Å². The van der Waals surface area contributed by atoms with Gasteiger partial charge in [0.2, 0.25) is 0 Å². The molecule has 2 aromatic heterocycles. The van der Waals surface area contributed by atoms with Crippen molar-refractivity contribution in [2.24, 2.45) is 5.92 Å². The van der Waals surface area contributed by atoms with Gasteiger partial charge in [-0.2, -0.15) is 5.10 Å². The number of hydrogen-bond donors (Lipinski definition) is 1. The van der Waals surface area contributed by atoms with Gasteiger partial charge in [0.05, 0.1) is 29.7 Å². The van der Waals surface area contributed by atoms with Crippen molar-refractivity contribution < 1.29 is 9.90 Å². The lowest BCUT2D eigenvalue weighted by Crippen LogP contribution is -2.23. The number of carboxylic acid groups (broad SMARTS) is 1. The first-order valence-corrected chi connectivity index (χ1v) is 7.00. The molecule has 0 radical (unpaired) electrons. The van der Waals surface area contributed by atoms with E-state index in [9.17, 15) is 4.79 Å². The molecule has 1 aliphatic heterocycles. The van der Waals surface area contributed by atoms with E-state index in [4.69, 9.17) is 5.11 Å². The maximum absolute atomic E-state index is 11.1. The van der Waals surface area contributed by atoms with E-state index in [1.54, 1.807) is 10.7 Å². The highest BCUT2D eigenvalue weighted by atomic mass is 16.4. The molecule has 0 spiro atoms. The predicted molar refractivity (Wildman–Crippen MR) is 74.9 cm³/mol. The summed E-state index contributed by atoms with van der Waals surface area (Å²) in [6, 6.07) is 1.92. The van der Waals surface area contributed by atoms with Crippen LogP contribution in [0.25, 0.3) is 5.65 Å². The van der Waals surface area contributed by atoms with Crippen LogP contribution in [0, 0.1) is 5.92 Å². The summed E-state index contributed by atoms with van der Waals surface area (Å²) in [6.45, 7) is 3.42. The number of anilines is 1. The Bertz CT molecular complexity index is 637. The van der Waals surface area contributed by atoms with Gasteiger partial charge in [0.1, 0.15) is 0 Å². The summed E-state index contributed by atoms with van der Waals surface area (Å²) in [5.74, 6) is -0.999. The first-order chi connectivity index (χ1) is 9.69. The number of hydrogen-bond acceptors (Lipinski definition) is 4. The highest BCUT2D eigenvalue weighted by molar-refractivity contribution is 5.74. The maximum atomic E-state index is 11.1. The second-order valence-electron chi connectivity index (χ2n) is 5.24. The third-order valence-corrected chi connectivity index (χ3v) is 3.77. The highest BCUT2D eigenvalue weighted by Gasteiger charge is 2.29. The predicted octanol–water partition coefficient (Wildman–Crippen LogP) is 1.59. The minimum atomic E-state index is -0.715. The standard InChI is InChI=1S/C14H18N4O2/c1-2-3-11-9-18-13(16-11)12(4-6-15-18)17-7-5-10(8-17)14(19)20/h4,6,9-10H,2-3,5,7-8H2,1H3,(H,19,20). The molecule has 0 saturated carbocycles. The molecule has 6 heteroatoms. The molecule has 106 valence electrons. The summed E-state index contributed by atoms with van der Waals surface area (Å²) >= 11 is 0. The molecule has 1 atom stereocenters. The Kier molecular flexibility index (Phi) is 3.30. The molecular formula is C14H18N4O2. The van der Waals surface area contributed by atoms with E-state index in [-0.39, 0.29) is 5.92 Å². The average Bonchev–Trinajstić information content (AvgIpc) is 3.04. The van der Waals surface area contributed by atoms with Crippen molar-refractivity contribution in [2.75, 3.05) is 18.0 Å². The first-order valence-electron chi connectivity index (χ1n) is 7.00. The fourth-order valence-corrected chi connectivity index (χ4v) is 2.74. The Morgan fingerprint density at radius 2 is 2.40 bits per heavy atom. The fraction of sp³-hybridized carbons (Fsp3) is 0.500. The lowest BCUT2D eigenvalue weighted by molar-refractivity contribution is -0.140. The van der Waals surface area contributed by atoms with Crippen LogP contribution in [0.2, 0.25) is 0 Å². The maximum Gasteiger partial charge on any atom is 0.308 e. The molecule has 1 unspecified atom stereocenters. The van der Waals surface area contributed by atoms with E-state index in [2.05, 4.69) is 21.9 Å². The largest absolute Gasteiger partial charge is 0.481 e. The summed E-state index contributed by atoms with van der Waals surface area (Å²) in [5, 5.41) is 13.4. The zero-order valence-electron chi connectivity index (χ0n) is 11.5. The third-order valence-electron chi connectivity index (χ3n) is 3.77. The second-order valence-corrected chi connectivity index (χ2v) is 5.24. The van der Waals surface area contributed by atoms with Crippen LogP contribution in [0.5, 0.6) is 0 Å². The normalized spacial score (nSPS) is 18.9. The molecule has 0 aliphatic carbocycles. The average molecular weight is 274 g/mol. The van der Waals surface area contributed by atoms with Crippen molar-refractivity contribution >= 4 is 17.3 Å². The quantitative estimate of drug-likeness (QED) is 0.916. The van der Waals surface area contributed by atoms with E-state index >= 15 is 0 Å². The molecule has 3 rings (SSSR count). The van der Waals surface area contributed by atoms with Crippen molar-refractivity contribution in [3.63, 3.8) is 0 Å². The van der Waals surface area contributed by atoms with Crippen molar-refractivity contribution in [1.29, 1.82) is 0 Å². The van der Waals surface area contributed by atoms with Gasteiger partial charge in [-0.1, -0.05) is 13.3 Å². The topological polar surface area (TPSA) is 70.7 Å². The summed E-state index contributed by atoms with van der Waals surface area (Å²) in [5.41, 5.74) is 2.83. The molecule has 2 aromatic rings. The van der Waals surface area contributed by atoms with Crippen LogP contribution in [0.15, 0.2) is 18.5 Å². The van der Waals surface area contributed by atoms with Gasteiger partial charge in [-0.25, -0.2) is 9.50 Å². The van der Waals surface area contributed by atoms with Crippen molar-refractivity contribution in [2.45, 2.75) is 26.2 Å². The molecule has 0 aromatic carbocycles. The Labute approximate surface area is 117 Å². The number of carbonyl (C=O) groups is 1. The Balaban J connectivity index is 1.93. The van der Waals surface area contributed by atoms with Crippen molar-refractivity contribution in [1.82, 2.24) is 14.6 Å². The number of aryl methyl sites for hydroxylation is 1. The zero-order chi connectivity index (χ0) is 14.1. The molecule has 1 fully saturated rings. The fourth-order valence-electron chi connectivity index (χ4n) is 2.74. The molecule has 1 aliphatic rings. The highest BCUT2D eigenvalue weighted by Crippen LogP contribution is 2.27. The van der Waals surface area contributed by atoms with Crippen molar-refractivity contribution in [3.05, 3.63) is 24.2 Å². The lowest BCUT2D eigenvalue weighted by Gasteiger charge is -2.18. The summed E-state index contributed by atoms with van der Waals surface area (Å²) in [4.78, 5) is 17.8. The van der Waals surface area contributed by atoms with Gasteiger partial charge in [-0.05, 0) is 18.9 Å². The molecule has 3 heterocycles. The van der Waals surface area contributed by atoms with Crippen molar-refractivity contribution in [3.8, 4) is 0 Å². The first kappa shape index (κ1) is 12.9. The number of aromatic nitrogens is 3. The van der Waals surface area contributed by atoms with E-state index in [1.807, 2.05) is 12.3 Å². The summed E-state index contributed by atoms with van der Waals surface area (Å²) in [6.07, 6.45) is 6.36. The Morgan fingerprint density at radius 3 is 3.10 bits per heavy atom. The van der Waals surface area contributed by atoms with E-state index < -0.39 is 5.97 Å². The Hall–Kier alpha value is -2.11. The van der Waals surface area contributed by atoms with Gasteiger partial charge in [-0.3, -0.25) is 4.79 Å². The SMILES string of the molecule is CCCc1cn2nccc(N3CCC(C(=O)O)C3)c2n1. The summed E-state index contributed by atoms with van der Waals surface area (Å²) in [7, 11) is 0. The van der Waals surface area contributed by atoms with E-state index in [1.165, 1.54) is 0 Å². The smallest absolute Gasteiger partial charge is 0.308 e. The van der Waals surface area contributed by atoms with E-state index in [0.29, 0.717) is 13.0 Å². The van der Waals surface area contributed by atoms with Gasteiger partial charge < -0.3 is 10.0 Å². The number of carboxylic acids is 1. The van der Waals surface area contributed by atoms with Gasteiger partial charge in [0.25, 0.3) is 0 Å². The lowest BCUT2D eigenvalue weighted by atomic mass is 10.1. The molecule has 1 saturated heterocycles. The number of imidazole rings is 1. The van der Waals surface area contributed by atoms with Crippen LogP contribution in [0.1, 0.15) is 25.5 Å². The van der Waals surface area contributed by atoms with Gasteiger partial charge in [0.15, 0.2) is 5.65 Å². The molecule has 6 nitrogen and oxygen atoms in total. The monoisotopic (exact) mass is 274 g/mol. The minimum Gasteiger partial charge on any atom is -0.481 e. The van der Waals surface area contributed by atoms with Crippen LogP contribution in [-0.2, 0) is 11.2 Å². The number of rotatable bonds is 4. The number of aliphatic carboxylic acids is 1. The van der Waals surface area contributed by atoms with Crippen LogP contribution < -0.4 is 4.90 Å². The van der Waals surface area contributed by atoms with Crippen LogP contribution in [0.3, 0.4) is 0 Å². The molecular weight excluding hydrogens is 256 g/mol. The summed E-state index contributed by atoms with van der Waals surface area (Å²) < 4.78 is 1.79. The van der Waals surface area contributed by atoms with Gasteiger partial charge >= 0.3 is 5.97 Å². The van der Waals surface area contributed by atoms with Gasteiger partial charge in [0, 0.05) is 13.1 Å². The van der Waals surface area contributed by atoms with E-state index in [0.717, 1.165) is 36.4 Å². The van der Waals surface area contributed by atoms with Crippen LogP contribution in [0.4, 0.5) is 5.69 Å². The number of nitrogens with zero attached hydrogens (tertiary/aromatic N) is 4. The molecule has 1 N–H and O–H groups in total. The number of fused-ring (bicyclic) bond motifs is 1. The molecule has 0 amide bonds. The second kappa shape index (κ2) is 5.11. The molecule has 0 bridgehead atoms. The zero-order valence-corrected chi connectivity index (χ0v) is 11.5. The third kappa shape index (κ3) is 2.21. The Morgan fingerprint density at radius 1 is 1.55 bits per heavy atom. The minimum absolute atomic E-state index is 0.284. The van der Waals surface area contributed by atoms with Gasteiger partial charge in [-0.15, -0.1) is 0 Å². The molecule has 20 heavy (non-hydrogen) atoms.